The largest absolute Gasteiger partial charge is 0.278 e. The summed E-state index contributed by atoms with van der Waals surface area (Å²) in [6, 6.07) is 9.16. The van der Waals surface area contributed by atoms with E-state index < -0.39 is 0 Å². The molecule has 1 aromatic carbocycles. The molecule has 0 heterocycles. The molecule has 0 aliphatic rings. The van der Waals surface area contributed by atoms with Crippen LogP contribution < -0.4 is 10.9 Å². The molecule has 0 saturated carbocycles. The van der Waals surface area contributed by atoms with E-state index in [1.807, 2.05) is 31.4 Å². The number of rotatable bonds is 3. The van der Waals surface area contributed by atoms with E-state index in [0.717, 1.165) is 5.01 Å². The summed E-state index contributed by atoms with van der Waals surface area (Å²) in [6.07, 6.45) is 3.61. The summed E-state index contributed by atoms with van der Waals surface area (Å²) < 4.78 is 0. The van der Waals surface area contributed by atoms with Crippen LogP contribution in [0.25, 0.3) is 0 Å². The van der Waals surface area contributed by atoms with E-state index >= 15 is 0 Å². The molecule has 1 amide bonds. The van der Waals surface area contributed by atoms with Crippen LogP contribution in [0.15, 0.2) is 41.3 Å². The molecule has 1 aromatic rings. The quantitative estimate of drug-likeness (QED) is 0.369. The topological polar surface area (TPSA) is 46.3 Å². The van der Waals surface area contributed by atoms with Gasteiger partial charge in [0, 0.05) is 0 Å². The molecule has 0 spiro atoms. The average molecular weight is 222 g/mol. The Balaban J connectivity index is 2.86. The Morgan fingerprint density at radius 3 is 2.47 bits per heavy atom. The van der Waals surface area contributed by atoms with Gasteiger partial charge >= 0.3 is 0 Å². The number of carbonyl (C=O) groups excluding carboxylic acids is 1. The summed E-state index contributed by atoms with van der Waals surface area (Å²) >= 11 is 1.39. The third-order valence-corrected chi connectivity index (χ3v) is 2.80. The number of benzene rings is 1. The number of hydrazine groups is 1. The lowest BCUT2D eigenvalue weighted by Gasteiger charge is -2.17. The van der Waals surface area contributed by atoms with E-state index in [0.29, 0.717) is 10.6 Å². The van der Waals surface area contributed by atoms with Crippen molar-refractivity contribution in [3.63, 3.8) is 0 Å². The number of amides is 1. The summed E-state index contributed by atoms with van der Waals surface area (Å²) in [7, 11) is 0. The molecule has 0 fully saturated rings. The van der Waals surface area contributed by atoms with Gasteiger partial charge in [-0.2, -0.15) is 0 Å². The van der Waals surface area contributed by atoms with Crippen LogP contribution in [0.1, 0.15) is 6.92 Å². The number of para-hydroxylation sites is 1. The third kappa shape index (κ3) is 2.84. The lowest BCUT2D eigenvalue weighted by atomic mass is 10.3. The highest BCUT2D eigenvalue weighted by Crippen LogP contribution is 2.17. The minimum absolute atomic E-state index is 0.184. The zero-order valence-corrected chi connectivity index (χ0v) is 9.62. The molecule has 0 radical (unpaired) electrons. The van der Waals surface area contributed by atoms with Gasteiger partial charge in [-0.1, -0.05) is 24.3 Å². The average Bonchev–Trinajstić information content (AvgIpc) is 2.30. The fraction of sp³-hybridized carbons (Fsp3) is 0.182. The van der Waals surface area contributed by atoms with Crippen molar-refractivity contribution in [3.8, 4) is 0 Å². The van der Waals surface area contributed by atoms with Crippen molar-refractivity contribution in [2.24, 2.45) is 5.84 Å². The van der Waals surface area contributed by atoms with E-state index in [4.69, 9.17) is 5.84 Å². The monoisotopic (exact) mass is 222 g/mol. The van der Waals surface area contributed by atoms with Gasteiger partial charge in [-0.05, 0) is 25.3 Å². The number of hydrogen-bond acceptors (Lipinski definition) is 3. The molecule has 0 atom stereocenters. The van der Waals surface area contributed by atoms with Crippen LogP contribution in [-0.2, 0) is 4.79 Å². The number of nitrogens with two attached hydrogens (primary N) is 1. The van der Waals surface area contributed by atoms with Crippen molar-refractivity contribution in [1.82, 2.24) is 0 Å². The molecule has 1 rings (SSSR count). The Hall–Kier alpha value is -1.26. The maximum absolute atomic E-state index is 11.8. The second kappa shape index (κ2) is 5.58. The van der Waals surface area contributed by atoms with E-state index in [-0.39, 0.29) is 5.91 Å². The van der Waals surface area contributed by atoms with Gasteiger partial charge in [0.2, 0.25) is 0 Å². The summed E-state index contributed by atoms with van der Waals surface area (Å²) in [5.41, 5.74) is 0.691. The minimum Gasteiger partial charge on any atom is -0.267 e. The maximum atomic E-state index is 11.8. The fourth-order valence-electron chi connectivity index (χ4n) is 1.15. The Labute approximate surface area is 93.9 Å². The van der Waals surface area contributed by atoms with Gasteiger partial charge in [-0.25, -0.2) is 10.9 Å². The van der Waals surface area contributed by atoms with E-state index in [1.54, 1.807) is 18.2 Å². The number of thioether (sulfide) groups is 1. The second-order valence-electron chi connectivity index (χ2n) is 2.87. The van der Waals surface area contributed by atoms with Crippen LogP contribution >= 0.6 is 11.8 Å². The normalized spacial score (nSPS) is 11.3. The van der Waals surface area contributed by atoms with Crippen molar-refractivity contribution in [3.05, 3.63) is 41.3 Å². The Morgan fingerprint density at radius 2 is 2.00 bits per heavy atom. The van der Waals surface area contributed by atoms with Gasteiger partial charge < -0.3 is 0 Å². The number of hydrogen-bond donors (Lipinski definition) is 1. The molecule has 0 aromatic heterocycles. The molecule has 0 unspecified atom stereocenters. The van der Waals surface area contributed by atoms with Crippen LogP contribution in [0.5, 0.6) is 0 Å². The van der Waals surface area contributed by atoms with E-state index in [1.165, 1.54) is 11.8 Å². The van der Waals surface area contributed by atoms with Gasteiger partial charge in [-0.15, -0.1) is 11.8 Å². The number of allylic oxidation sites excluding steroid dienone is 1. The van der Waals surface area contributed by atoms with Gasteiger partial charge in [0.05, 0.1) is 10.6 Å². The summed E-state index contributed by atoms with van der Waals surface area (Å²) in [6.45, 7) is 1.82. The molecule has 0 aliphatic carbocycles. The molecular formula is C11H14N2OS. The smallest absolute Gasteiger partial charge is 0.267 e. The molecule has 15 heavy (non-hydrogen) atoms. The second-order valence-corrected chi connectivity index (χ2v) is 3.72. The zero-order chi connectivity index (χ0) is 11.3. The first-order chi connectivity index (χ1) is 7.20. The molecular weight excluding hydrogens is 208 g/mol. The lowest BCUT2D eigenvalue weighted by molar-refractivity contribution is -0.114. The molecule has 0 aliphatic heterocycles. The van der Waals surface area contributed by atoms with Crippen molar-refractivity contribution in [2.75, 3.05) is 11.3 Å². The number of nitrogens with zero attached hydrogens (tertiary/aromatic N) is 1. The maximum Gasteiger partial charge on any atom is 0.278 e. The first-order valence-electron chi connectivity index (χ1n) is 4.55. The molecule has 0 saturated heterocycles. The molecule has 3 nitrogen and oxygen atoms in total. The van der Waals surface area contributed by atoms with Crippen LogP contribution in [0, 0.1) is 0 Å². The SMILES string of the molecule is C/C=C(/SC)C(=O)N(N)c1ccccc1. The molecule has 4 heteroatoms. The van der Waals surface area contributed by atoms with Crippen molar-refractivity contribution >= 4 is 23.4 Å². The van der Waals surface area contributed by atoms with Crippen molar-refractivity contribution < 1.29 is 4.79 Å². The first kappa shape index (κ1) is 11.8. The van der Waals surface area contributed by atoms with Crippen LogP contribution in [0.4, 0.5) is 5.69 Å². The molecule has 0 bridgehead atoms. The highest BCUT2D eigenvalue weighted by atomic mass is 32.2. The summed E-state index contributed by atoms with van der Waals surface area (Å²) in [5, 5.41) is 1.16. The summed E-state index contributed by atoms with van der Waals surface area (Å²) in [4.78, 5) is 12.5. The Morgan fingerprint density at radius 1 is 1.40 bits per heavy atom. The van der Waals surface area contributed by atoms with Crippen LogP contribution in [-0.4, -0.2) is 12.2 Å². The summed E-state index contributed by atoms with van der Waals surface area (Å²) in [5.74, 6) is 5.54. The standard InChI is InChI=1S/C11H14N2OS/c1-3-10(15-2)11(14)13(12)9-7-5-4-6-8-9/h3-8H,12H2,1-2H3/b10-3+. The Bertz CT molecular complexity index is 362. The predicted molar refractivity (Wildman–Crippen MR) is 65.4 cm³/mol. The van der Waals surface area contributed by atoms with Gasteiger partial charge in [0.25, 0.3) is 5.91 Å². The highest BCUT2D eigenvalue weighted by molar-refractivity contribution is 8.03. The van der Waals surface area contributed by atoms with Crippen molar-refractivity contribution in [2.45, 2.75) is 6.92 Å². The predicted octanol–water partition coefficient (Wildman–Crippen LogP) is 2.16. The van der Waals surface area contributed by atoms with E-state index in [2.05, 4.69) is 0 Å². The van der Waals surface area contributed by atoms with Gasteiger partial charge in [0.15, 0.2) is 0 Å². The first-order valence-corrected chi connectivity index (χ1v) is 5.77. The third-order valence-electron chi connectivity index (χ3n) is 1.95. The highest BCUT2D eigenvalue weighted by Gasteiger charge is 2.14. The molecule has 80 valence electrons. The number of carbonyl (C=O) groups is 1. The van der Waals surface area contributed by atoms with Crippen LogP contribution in [0.3, 0.4) is 0 Å². The van der Waals surface area contributed by atoms with Crippen LogP contribution in [0.2, 0.25) is 0 Å². The Kier molecular flexibility index (Phi) is 4.39. The van der Waals surface area contributed by atoms with Gasteiger partial charge in [-0.3, -0.25) is 4.79 Å². The lowest BCUT2D eigenvalue weighted by Crippen LogP contribution is -2.37. The number of anilines is 1. The van der Waals surface area contributed by atoms with Gasteiger partial charge in [0.1, 0.15) is 0 Å². The fourth-order valence-corrected chi connectivity index (χ4v) is 1.66. The van der Waals surface area contributed by atoms with Crippen molar-refractivity contribution in [1.29, 1.82) is 0 Å². The zero-order valence-electron chi connectivity index (χ0n) is 8.81. The minimum atomic E-state index is -0.184. The molecule has 2 N–H and O–H groups in total. The van der Waals surface area contributed by atoms with E-state index in [9.17, 15) is 4.79 Å².